The van der Waals surface area contributed by atoms with Gasteiger partial charge in [0.05, 0.1) is 31.8 Å². The van der Waals surface area contributed by atoms with Crippen molar-refractivity contribution in [3.63, 3.8) is 0 Å². The van der Waals surface area contributed by atoms with E-state index in [1.165, 1.54) is 5.56 Å². The molecule has 0 bridgehead atoms. The number of pyridine rings is 1. The van der Waals surface area contributed by atoms with Crippen molar-refractivity contribution >= 4 is 47.5 Å². The summed E-state index contributed by atoms with van der Waals surface area (Å²) in [6.45, 7) is 7.42. The average Bonchev–Trinajstić information content (AvgIpc) is 2.87. The lowest BCUT2D eigenvalue weighted by Crippen LogP contribution is -2.43. The minimum Gasteiger partial charge on any atom is -0.496 e. The molecule has 0 spiro atoms. The molecule has 3 heterocycles. The number of halogens is 2. The van der Waals surface area contributed by atoms with Gasteiger partial charge in [-0.25, -0.2) is 4.98 Å². The van der Waals surface area contributed by atoms with E-state index in [1.54, 1.807) is 23.9 Å². The van der Waals surface area contributed by atoms with Crippen LogP contribution in [0, 0.1) is 0 Å². The highest BCUT2D eigenvalue weighted by molar-refractivity contribution is 5.89. The SMILES string of the molecule is CCC[C@@H](CO)Nc1nc(N)nc2ccn(Cc3ccc(CN4CCN(C)CC4)cc3OC)c(=O)c12.Cl.Cl. The zero-order chi connectivity index (χ0) is 25.7. The fourth-order valence-corrected chi connectivity index (χ4v) is 4.64. The van der Waals surface area contributed by atoms with Gasteiger partial charge in [0, 0.05) is 44.5 Å². The Kier molecular flexibility index (Phi) is 12.1. The van der Waals surface area contributed by atoms with Crippen LogP contribution in [0.1, 0.15) is 30.9 Å². The van der Waals surface area contributed by atoms with Crippen molar-refractivity contribution in [1.29, 1.82) is 0 Å². The first kappa shape index (κ1) is 31.6. The lowest BCUT2D eigenvalue weighted by atomic mass is 10.1. The molecule has 12 heteroatoms. The summed E-state index contributed by atoms with van der Waals surface area (Å²) in [5, 5.41) is 13.3. The molecule has 10 nitrogen and oxygen atoms in total. The lowest BCUT2D eigenvalue weighted by Gasteiger charge is -2.32. The number of fused-ring (bicyclic) bond motifs is 1. The van der Waals surface area contributed by atoms with Crippen LogP contribution in [0.5, 0.6) is 5.75 Å². The number of nitrogen functional groups attached to an aromatic ring is 1. The van der Waals surface area contributed by atoms with E-state index >= 15 is 0 Å². The third kappa shape index (κ3) is 7.48. The predicted octanol–water partition coefficient (Wildman–Crippen LogP) is 2.59. The molecule has 0 radical (unpaired) electrons. The standard InChI is InChI=1S/C26H37N7O3.2ClH/c1-4-5-20(17-34)28-24-23-21(29-26(27)30-24)8-9-33(25(23)35)16-19-7-6-18(14-22(19)36-3)15-32-12-10-31(2)11-13-32;;/h6-9,14,20,34H,4-5,10-13,15-17H2,1-3H3,(H3,27,28,29,30);2*1H/t20-;;/m0../s1. The van der Waals surface area contributed by atoms with Gasteiger partial charge >= 0.3 is 0 Å². The minimum atomic E-state index is -0.230. The van der Waals surface area contributed by atoms with E-state index in [1.807, 2.05) is 13.0 Å². The fraction of sp³-hybridized carbons (Fsp3) is 0.500. The first-order chi connectivity index (χ1) is 17.4. The van der Waals surface area contributed by atoms with Gasteiger partial charge < -0.3 is 30.4 Å². The Hall–Kier alpha value is -2.63. The van der Waals surface area contributed by atoms with Crippen LogP contribution in [0.15, 0.2) is 35.3 Å². The lowest BCUT2D eigenvalue weighted by molar-refractivity contribution is 0.148. The number of aliphatic hydroxyl groups is 1. The van der Waals surface area contributed by atoms with Crippen molar-refractivity contribution in [2.75, 3.05) is 58.0 Å². The quantitative estimate of drug-likeness (QED) is 0.339. The van der Waals surface area contributed by atoms with Gasteiger partial charge in [-0.2, -0.15) is 4.98 Å². The van der Waals surface area contributed by atoms with Crippen molar-refractivity contribution in [2.45, 2.75) is 38.9 Å². The number of nitrogens with zero attached hydrogens (tertiary/aromatic N) is 5. The Morgan fingerprint density at radius 2 is 1.87 bits per heavy atom. The van der Waals surface area contributed by atoms with E-state index in [0.29, 0.717) is 23.3 Å². The Labute approximate surface area is 236 Å². The zero-order valence-corrected chi connectivity index (χ0v) is 23.9. The van der Waals surface area contributed by atoms with Gasteiger partial charge in [-0.15, -0.1) is 24.8 Å². The first-order valence-electron chi connectivity index (χ1n) is 12.5. The van der Waals surface area contributed by atoms with Gasteiger partial charge in [0.2, 0.25) is 5.95 Å². The molecule has 1 aliphatic heterocycles. The summed E-state index contributed by atoms with van der Waals surface area (Å²) in [7, 11) is 3.81. The number of aromatic nitrogens is 3. The molecule has 3 aromatic rings. The van der Waals surface area contributed by atoms with Gasteiger partial charge in [0.1, 0.15) is 17.0 Å². The number of hydrogen-bond acceptors (Lipinski definition) is 9. The summed E-state index contributed by atoms with van der Waals surface area (Å²) in [6.07, 6.45) is 3.33. The van der Waals surface area contributed by atoms with Crippen molar-refractivity contribution in [1.82, 2.24) is 24.3 Å². The van der Waals surface area contributed by atoms with Crippen LogP contribution in [0.25, 0.3) is 10.9 Å². The molecule has 2 aromatic heterocycles. The van der Waals surface area contributed by atoms with Gasteiger partial charge in [0.25, 0.3) is 5.56 Å². The summed E-state index contributed by atoms with van der Waals surface area (Å²) >= 11 is 0. The number of benzene rings is 1. The molecule has 1 fully saturated rings. The Balaban J connectivity index is 0.00000253. The van der Waals surface area contributed by atoms with Crippen molar-refractivity contribution in [2.24, 2.45) is 0 Å². The molecule has 38 heavy (non-hydrogen) atoms. The molecule has 1 aliphatic rings. The van der Waals surface area contributed by atoms with E-state index in [0.717, 1.165) is 56.9 Å². The van der Waals surface area contributed by atoms with Crippen LogP contribution >= 0.6 is 24.8 Å². The molecule has 0 amide bonds. The van der Waals surface area contributed by atoms with Crippen LogP contribution in [-0.2, 0) is 13.1 Å². The van der Waals surface area contributed by atoms with Crippen molar-refractivity contribution in [3.8, 4) is 5.75 Å². The summed E-state index contributed by atoms with van der Waals surface area (Å²) < 4.78 is 7.33. The third-order valence-corrected chi connectivity index (χ3v) is 6.73. The molecule has 1 atom stereocenters. The summed E-state index contributed by atoms with van der Waals surface area (Å²) in [6, 6.07) is 7.74. The maximum atomic E-state index is 13.5. The van der Waals surface area contributed by atoms with E-state index < -0.39 is 0 Å². The number of likely N-dealkylation sites (N-methyl/N-ethyl adjacent to an activating group) is 1. The topological polar surface area (TPSA) is 122 Å². The number of nitrogens with one attached hydrogen (secondary N) is 1. The highest BCUT2D eigenvalue weighted by Gasteiger charge is 2.18. The molecular formula is C26H39Cl2N7O3. The maximum Gasteiger partial charge on any atom is 0.264 e. The molecule has 0 aliphatic carbocycles. The normalized spacial score (nSPS) is 14.9. The number of hydrogen-bond donors (Lipinski definition) is 3. The Morgan fingerprint density at radius 3 is 2.53 bits per heavy atom. The second-order valence-electron chi connectivity index (χ2n) is 9.48. The first-order valence-corrected chi connectivity index (χ1v) is 12.5. The second-order valence-corrected chi connectivity index (χ2v) is 9.48. The van der Waals surface area contributed by atoms with Crippen LogP contribution in [-0.4, -0.2) is 82.4 Å². The van der Waals surface area contributed by atoms with Crippen LogP contribution < -0.4 is 21.3 Å². The smallest absolute Gasteiger partial charge is 0.264 e. The van der Waals surface area contributed by atoms with E-state index in [-0.39, 0.29) is 49.0 Å². The molecular weight excluding hydrogens is 529 g/mol. The summed E-state index contributed by atoms with van der Waals surface area (Å²) in [5.74, 6) is 1.18. The number of anilines is 2. The Bertz CT molecular complexity index is 1250. The molecule has 0 saturated carbocycles. The third-order valence-electron chi connectivity index (χ3n) is 6.73. The van der Waals surface area contributed by atoms with Gasteiger partial charge in [0.15, 0.2) is 0 Å². The van der Waals surface area contributed by atoms with E-state index in [4.69, 9.17) is 10.5 Å². The molecule has 4 rings (SSSR count). The summed E-state index contributed by atoms with van der Waals surface area (Å²) in [5.41, 5.74) is 8.23. The Morgan fingerprint density at radius 1 is 1.13 bits per heavy atom. The number of methoxy groups -OCH3 is 1. The molecule has 1 aromatic carbocycles. The second kappa shape index (κ2) is 14.5. The molecule has 0 unspecified atom stereocenters. The van der Waals surface area contributed by atoms with Gasteiger partial charge in [-0.05, 0) is 31.2 Å². The zero-order valence-electron chi connectivity index (χ0n) is 22.2. The largest absolute Gasteiger partial charge is 0.496 e. The van der Waals surface area contributed by atoms with E-state index in [9.17, 15) is 9.90 Å². The number of aliphatic hydroxyl groups excluding tert-OH is 1. The maximum absolute atomic E-state index is 13.5. The predicted molar refractivity (Wildman–Crippen MR) is 157 cm³/mol. The van der Waals surface area contributed by atoms with Gasteiger partial charge in [-0.3, -0.25) is 9.69 Å². The van der Waals surface area contributed by atoms with Crippen LogP contribution in [0.3, 0.4) is 0 Å². The summed E-state index contributed by atoms with van der Waals surface area (Å²) in [4.78, 5) is 26.9. The number of ether oxygens (including phenoxy) is 1. The molecule has 1 saturated heterocycles. The van der Waals surface area contributed by atoms with Crippen LogP contribution in [0.4, 0.5) is 11.8 Å². The number of nitrogens with two attached hydrogens (primary N) is 1. The minimum absolute atomic E-state index is 0. The number of piperazine rings is 1. The van der Waals surface area contributed by atoms with Gasteiger partial charge in [-0.1, -0.05) is 25.5 Å². The monoisotopic (exact) mass is 567 g/mol. The van der Waals surface area contributed by atoms with Crippen LogP contribution in [0.2, 0.25) is 0 Å². The van der Waals surface area contributed by atoms with Crippen molar-refractivity contribution < 1.29 is 9.84 Å². The highest BCUT2D eigenvalue weighted by Crippen LogP contribution is 2.24. The molecule has 210 valence electrons. The van der Waals surface area contributed by atoms with E-state index in [2.05, 4.69) is 44.3 Å². The molecule has 4 N–H and O–H groups in total. The fourth-order valence-electron chi connectivity index (χ4n) is 4.64. The average molecular weight is 569 g/mol. The number of rotatable bonds is 10. The highest BCUT2D eigenvalue weighted by atomic mass is 35.5. The van der Waals surface area contributed by atoms with Crippen molar-refractivity contribution in [3.05, 3.63) is 51.9 Å².